The van der Waals surface area contributed by atoms with Gasteiger partial charge < -0.3 is 20.4 Å². The Bertz CT molecular complexity index is 1690. The van der Waals surface area contributed by atoms with E-state index in [1.807, 2.05) is 6.07 Å². The van der Waals surface area contributed by atoms with E-state index >= 15 is 8.78 Å². The van der Waals surface area contributed by atoms with E-state index < -0.39 is 11.6 Å². The Morgan fingerprint density at radius 2 is 1.91 bits per heavy atom. The molecule has 2 amide bonds. The number of carbonyl (C=O) groups excluding carboxylic acids is 2. The van der Waals surface area contributed by atoms with Crippen molar-refractivity contribution >= 4 is 23.0 Å². The first-order chi connectivity index (χ1) is 21.1. The van der Waals surface area contributed by atoms with Crippen LogP contribution in [0.25, 0.3) is 16.8 Å². The van der Waals surface area contributed by atoms with Gasteiger partial charge in [-0.3, -0.25) is 14.6 Å². The summed E-state index contributed by atoms with van der Waals surface area (Å²) in [6.07, 6.45) is 6.78. The van der Waals surface area contributed by atoms with Crippen LogP contribution < -0.4 is 10.6 Å². The first-order valence-corrected chi connectivity index (χ1v) is 14.9. The molecule has 0 spiro atoms. The van der Waals surface area contributed by atoms with Gasteiger partial charge in [0.05, 0.1) is 29.0 Å². The maximum atomic E-state index is 15.3. The third-order valence-electron chi connectivity index (χ3n) is 8.83. The molecule has 6 rings (SSSR count). The normalized spacial score (nSPS) is 20.5. The molecule has 0 unspecified atom stereocenters. The predicted molar refractivity (Wildman–Crippen MR) is 162 cm³/mol. The lowest BCUT2D eigenvalue weighted by Gasteiger charge is -2.46. The van der Waals surface area contributed by atoms with Crippen molar-refractivity contribution < 1.29 is 18.4 Å². The van der Waals surface area contributed by atoms with Crippen LogP contribution in [0.2, 0.25) is 0 Å². The molecular formula is C32H36F2N8O2. The average Bonchev–Trinajstić information content (AvgIpc) is 3.57. The van der Waals surface area contributed by atoms with Gasteiger partial charge in [-0.25, -0.2) is 18.3 Å². The highest BCUT2D eigenvalue weighted by molar-refractivity contribution is 5.78. The first kappa shape index (κ1) is 29.6. The number of nitrogens with zero attached hydrogens (tertiary/aromatic N) is 7. The summed E-state index contributed by atoms with van der Waals surface area (Å²) in [6.45, 7) is 5.69. The van der Waals surface area contributed by atoms with E-state index in [9.17, 15) is 9.59 Å². The second kappa shape index (κ2) is 11.9. The molecule has 12 heteroatoms. The number of hydrogen-bond acceptors (Lipinski definition) is 7. The second-order valence-corrected chi connectivity index (χ2v) is 11.9. The SMILES string of the molecule is CC(=O)N(C)[C@@H]1[C@H](N)CN(c2ccncc2Cc2ncc3ccc(-c4c(F)cc(CN5CCCC5=O)cc4F)nn23)C[C@@H]1C. The lowest BCUT2D eigenvalue weighted by atomic mass is 9.88. The Labute approximate surface area is 254 Å². The zero-order valence-corrected chi connectivity index (χ0v) is 25.1. The molecule has 5 heterocycles. The van der Waals surface area contributed by atoms with Crippen molar-refractivity contribution in [3.63, 3.8) is 0 Å². The van der Waals surface area contributed by atoms with Gasteiger partial charge in [0.25, 0.3) is 0 Å². The quantitative estimate of drug-likeness (QED) is 0.345. The highest BCUT2D eigenvalue weighted by Crippen LogP contribution is 2.30. The molecule has 3 atom stereocenters. The number of likely N-dealkylation sites (N-methyl/N-ethyl adjacent to an activating group) is 1. The van der Waals surface area contributed by atoms with Crippen LogP contribution in [0.5, 0.6) is 0 Å². The molecule has 230 valence electrons. The van der Waals surface area contributed by atoms with Gasteiger partial charge in [-0.15, -0.1) is 0 Å². The lowest BCUT2D eigenvalue weighted by molar-refractivity contribution is -0.131. The van der Waals surface area contributed by atoms with Crippen LogP contribution in [-0.4, -0.2) is 80.0 Å². The maximum absolute atomic E-state index is 15.3. The van der Waals surface area contributed by atoms with Crippen molar-refractivity contribution in [2.24, 2.45) is 11.7 Å². The summed E-state index contributed by atoms with van der Waals surface area (Å²) in [7, 11) is 1.80. The van der Waals surface area contributed by atoms with Crippen LogP contribution in [0.15, 0.2) is 48.9 Å². The minimum absolute atomic E-state index is 0.00570. The van der Waals surface area contributed by atoms with Gasteiger partial charge in [0.1, 0.15) is 17.5 Å². The number of halogens is 2. The Morgan fingerprint density at radius 1 is 1.14 bits per heavy atom. The molecular weight excluding hydrogens is 566 g/mol. The molecule has 1 aromatic carbocycles. The molecule has 0 saturated carbocycles. The highest BCUT2D eigenvalue weighted by atomic mass is 19.1. The maximum Gasteiger partial charge on any atom is 0.222 e. The Kier molecular flexibility index (Phi) is 8.02. The monoisotopic (exact) mass is 602 g/mol. The van der Waals surface area contributed by atoms with Crippen LogP contribution in [0.1, 0.15) is 43.6 Å². The fourth-order valence-electron chi connectivity index (χ4n) is 6.67. The van der Waals surface area contributed by atoms with Crippen molar-refractivity contribution in [2.75, 3.05) is 31.6 Å². The number of pyridine rings is 1. The van der Waals surface area contributed by atoms with Crippen molar-refractivity contribution in [3.05, 3.63) is 77.5 Å². The Morgan fingerprint density at radius 3 is 2.59 bits per heavy atom. The molecule has 2 aliphatic rings. The van der Waals surface area contributed by atoms with Gasteiger partial charge in [0.15, 0.2) is 0 Å². The van der Waals surface area contributed by atoms with Crippen molar-refractivity contribution in [2.45, 2.75) is 51.7 Å². The van der Waals surface area contributed by atoms with E-state index in [0.29, 0.717) is 49.4 Å². The van der Waals surface area contributed by atoms with Crippen LogP contribution in [0.3, 0.4) is 0 Å². The van der Waals surface area contributed by atoms with E-state index in [1.54, 1.807) is 59.0 Å². The molecule has 0 aliphatic carbocycles. The Balaban J connectivity index is 1.27. The lowest BCUT2D eigenvalue weighted by Crippen LogP contribution is -2.62. The highest BCUT2D eigenvalue weighted by Gasteiger charge is 2.36. The zero-order valence-electron chi connectivity index (χ0n) is 25.1. The third kappa shape index (κ3) is 5.61. The molecule has 0 bridgehead atoms. The minimum atomic E-state index is -0.737. The van der Waals surface area contributed by atoms with E-state index in [0.717, 1.165) is 17.7 Å². The van der Waals surface area contributed by atoms with Crippen LogP contribution in [-0.2, 0) is 22.6 Å². The van der Waals surface area contributed by atoms with Crippen molar-refractivity contribution in [3.8, 4) is 11.3 Å². The van der Waals surface area contributed by atoms with Gasteiger partial charge in [0.2, 0.25) is 11.8 Å². The number of likely N-dealkylation sites (tertiary alicyclic amines) is 1. The van der Waals surface area contributed by atoms with Crippen molar-refractivity contribution in [1.82, 2.24) is 29.4 Å². The number of piperidine rings is 1. The van der Waals surface area contributed by atoms with Gasteiger partial charge >= 0.3 is 0 Å². The fraction of sp³-hybridized carbons (Fsp3) is 0.406. The first-order valence-electron chi connectivity index (χ1n) is 14.9. The topological polar surface area (TPSA) is 113 Å². The molecule has 2 saturated heterocycles. The summed E-state index contributed by atoms with van der Waals surface area (Å²) < 4.78 is 32.3. The van der Waals surface area contributed by atoms with E-state index in [4.69, 9.17) is 5.73 Å². The number of hydrogen-bond donors (Lipinski definition) is 1. The van der Waals surface area contributed by atoms with Crippen LogP contribution >= 0.6 is 0 Å². The molecule has 4 aromatic rings. The molecule has 2 fully saturated rings. The van der Waals surface area contributed by atoms with Gasteiger partial charge in [-0.05, 0) is 48.2 Å². The largest absolute Gasteiger partial charge is 0.369 e. The van der Waals surface area contributed by atoms with Gasteiger partial charge in [0, 0.05) is 82.7 Å². The zero-order chi connectivity index (χ0) is 31.1. The van der Waals surface area contributed by atoms with E-state index in [-0.39, 0.29) is 47.6 Å². The number of rotatable bonds is 7. The summed E-state index contributed by atoms with van der Waals surface area (Å²) >= 11 is 0. The molecule has 3 aromatic heterocycles. The predicted octanol–water partition coefficient (Wildman–Crippen LogP) is 3.41. The average molecular weight is 603 g/mol. The number of anilines is 1. The third-order valence-corrected chi connectivity index (χ3v) is 8.83. The minimum Gasteiger partial charge on any atom is -0.369 e. The van der Waals surface area contributed by atoms with Gasteiger partial charge in [-0.1, -0.05) is 6.92 Å². The summed E-state index contributed by atoms with van der Waals surface area (Å²) in [5, 5.41) is 4.60. The van der Waals surface area contributed by atoms with Gasteiger partial charge in [-0.2, -0.15) is 5.10 Å². The summed E-state index contributed by atoms with van der Waals surface area (Å²) in [6, 6.07) is 7.50. The number of imidazole rings is 1. The van der Waals surface area contributed by atoms with E-state index in [1.165, 1.54) is 12.1 Å². The standard InChI is InChI=1S/C32H36F2N8O2/c1-19-16-41(18-26(35)32(19)39(3)20(2)43)28-8-9-36-14-22(28)13-29-37-15-23-6-7-27(38-42(23)29)31-24(33)11-21(12-25(31)34)17-40-10-4-5-30(40)44/h6-9,11-12,14-15,19,26,32H,4-5,10,13,16-18,35H2,1-3H3/t19-,26+,32-/m0/s1. The number of aromatic nitrogens is 4. The number of nitrogens with two attached hydrogens (primary N) is 1. The number of carbonyl (C=O) groups is 2. The molecule has 2 N–H and O–H groups in total. The number of amides is 2. The smallest absolute Gasteiger partial charge is 0.222 e. The molecule has 10 nitrogen and oxygen atoms in total. The van der Waals surface area contributed by atoms with Crippen LogP contribution in [0.4, 0.5) is 14.5 Å². The summed E-state index contributed by atoms with van der Waals surface area (Å²) in [4.78, 5) is 38.5. The fourth-order valence-corrected chi connectivity index (χ4v) is 6.67. The number of benzene rings is 1. The number of fused-ring (bicyclic) bond motifs is 1. The molecule has 44 heavy (non-hydrogen) atoms. The molecule has 0 radical (unpaired) electrons. The molecule has 2 aliphatic heterocycles. The van der Waals surface area contributed by atoms with Crippen molar-refractivity contribution in [1.29, 1.82) is 0 Å². The summed E-state index contributed by atoms with van der Waals surface area (Å²) in [5.74, 6) is -0.767. The second-order valence-electron chi connectivity index (χ2n) is 11.9. The Hall–Kier alpha value is -4.45. The van der Waals surface area contributed by atoms with E-state index in [2.05, 4.69) is 26.9 Å². The summed E-state index contributed by atoms with van der Waals surface area (Å²) in [5.41, 5.74) is 9.45. The van der Waals surface area contributed by atoms with Crippen LogP contribution in [0, 0.1) is 17.6 Å².